The lowest BCUT2D eigenvalue weighted by Crippen LogP contribution is -2.53. The van der Waals surface area contributed by atoms with E-state index in [4.69, 9.17) is 0 Å². The molecule has 1 saturated carbocycles. The van der Waals surface area contributed by atoms with Gasteiger partial charge in [-0.3, -0.25) is 13.9 Å². The number of anilines is 1. The van der Waals surface area contributed by atoms with Crippen molar-refractivity contribution in [2.24, 2.45) is 0 Å². The first kappa shape index (κ1) is 27.6. The third kappa shape index (κ3) is 7.53. The van der Waals surface area contributed by atoms with Crippen LogP contribution in [0, 0.1) is 12.7 Å². The van der Waals surface area contributed by atoms with E-state index in [2.05, 4.69) is 5.32 Å². The number of amides is 2. The summed E-state index contributed by atoms with van der Waals surface area (Å²) < 4.78 is 39.6. The number of nitrogens with zero attached hydrogens (tertiary/aromatic N) is 2. The molecule has 0 aromatic heterocycles. The van der Waals surface area contributed by atoms with Gasteiger partial charge in [0.15, 0.2) is 0 Å². The normalized spacial score (nSPS) is 15.2. The Balaban J connectivity index is 1.89. The SMILES string of the molecule is CCC(C(=O)NC1CCCCC1)N(Cc1ccc(C)cc1)C(=O)CN(c1ccc(F)cc1)S(C)(=O)=O. The second kappa shape index (κ2) is 12.3. The zero-order chi connectivity index (χ0) is 26.3. The summed E-state index contributed by atoms with van der Waals surface area (Å²) in [5.74, 6) is -1.24. The molecule has 0 spiro atoms. The summed E-state index contributed by atoms with van der Waals surface area (Å²) in [6.45, 7) is 3.47. The van der Waals surface area contributed by atoms with E-state index >= 15 is 0 Å². The molecule has 0 heterocycles. The maximum Gasteiger partial charge on any atom is 0.244 e. The van der Waals surface area contributed by atoms with Crippen molar-refractivity contribution in [1.29, 1.82) is 0 Å². The van der Waals surface area contributed by atoms with Crippen LogP contribution < -0.4 is 9.62 Å². The van der Waals surface area contributed by atoms with Gasteiger partial charge in [-0.2, -0.15) is 0 Å². The molecule has 0 saturated heterocycles. The molecule has 7 nitrogen and oxygen atoms in total. The van der Waals surface area contributed by atoms with Crippen molar-refractivity contribution in [1.82, 2.24) is 10.2 Å². The van der Waals surface area contributed by atoms with Gasteiger partial charge in [0, 0.05) is 12.6 Å². The first-order chi connectivity index (χ1) is 17.1. The van der Waals surface area contributed by atoms with Crippen molar-refractivity contribution in [3.8, 4) is 0 Å². The molecule has 1 atom stereocenters. The zero-order valence-electron chi connectivity index (χ0n) is 21.2. The highest BCUT2D eigenvalue weighted by molar-refractivity contribution is 7.92. The predicted octanol–water partition coefficient (Wildman–Crippen LogP) is 4.16. The molecule has 0 bridgehead atoms. The minimum atomic E-state index is -3.85. The molecule has 2 aromatic rings. The van der Waals surface area contributed by atoms with Crippen LogP contribution in [0.2, 0.25) is 0 Å². The molecule has 1 N–H and O–H groups in total. The van der Waals surface area contributed by atoms with Gasteiger partial charge in [-0.15, -0.1) is 0 Å². The van der Waals surface area contributed by atoms with E-state index in [-0.39, 0.29) is 24.2 Å². The highest BCUT2D eigenvalue weighted by Crippen LogP contribution is 2.21. The first-order valence-corrected chi connectivity index (χ1v) is 14.3. The Hall–Kier alpha value is -2.94. The van der Waals surface area contributed by atoms with Crippen molar-refractivity contribution in [2.75, 3.05) is 17.1 Å². The number of benzene rings is 2. The fraction of sp³-hybridized carbons (Fsp3) is 0.481. The van der Waals surface area contributed by atoms with Crippen molar-refractivity contribution >= 4 is 27.5 Å². The summed E-state index contributed by atoms with van der Waals surface area (Å²) in [6.07, 6.45) is 6.50. The molecule has 0 aliphatic heterocycles. The van der Waals surface area contributed by atoms with E-state index in [9.17, 15) is 22.4 Å². The van der Waals surface area contributed by atoms with E-state index in [1.165, 1.54) is 17.0 Å². The molecule has 3 rings (SSSR count). The molecule has 1 fully saturated rings. The summed E-state index contributed by atoms with van der Waals surface area (Å²) >= 11 is 0. The van der Waals surface area contributed by atoms with Gasteiger partial charge in [0.05, 0.1) is 11.9 Å². The van der Waals surface area contributed by atoms with Crippen molar-refractivity contribution in [2.45, 2.75) is 71.0 Å². The van der Waals surface area contributed by atoms with Gasteiger partial charge in [-0.05, 0) is 56.0 Å². The molecule has 1 aliphatic carbocycles. The van der Waals surface area contributed by atoms with E-state index in [0.29, 0.717) is 6.42 Å². The Bertz CT molecular complexity index is 1130. The lowest BCUT2D eigenvalue weighted by molar-refractivity contribution is -0.140. The number of carbonyl (C=O) groups excluding carboxylic acids is 2. The average molecular weight is 518 g/mol. The molecule has 196 valence electrons. The van der Waals surface area contributed by atoms with E-state index in [0.717, 1.165) is 65.9 Å². The summed E-state index contributed by atoms with van der Waals surface area (Å²) in [5, 5.41) is 3.12. The number of aryl methyl sites for hydroxylation is 1. The number of rotatable bonds is 10. The zero-order valence-corrected chi connectivity index (χ0v) is 22.1. The molecule has 1 unspecified atom stereocenters. The lowest BCUT2D eigenvalue weighted by Gasteiger charge is -2.34. The summed E-state index contributed by atoms with van der Waals surface area (Å²) in [7, 11) is -3.85. The molecular weight excluding hydrogens is 481 g/mol. The van der Waals surface area contributed by atoms with Crippen LogP contribution in [0.5, 0.6) is 0 Å². The van der Waals surface area contributed by atoms with Crippen LogP contribution in [0.15, 0.2) is 48.5 Å². The predicted molar refractivity (Wildman–Crippen MR) is 139 cm³/mol. The van der Waals surface area contributed by atoms with E-state index in [1.54, 1.807) is 0 Å². The topological polar surface area (TPSA) is 86.8 Å². The van der Waals surface area contributed by atoms with Gasteiger partial charge in [-0.25, -0.2) is 12.8 Å². The fourth-order valence-electron chi connectivity index (χ4n) is 4.58. The smallest absolute Gasteiger partial charge is 0.244 e. The molecule has 9 heteroatoms. The molecule has 2 amide bonds. The summed E-state index contributed by atoms with van der Waals surface area (Å²) in [5.41, 5.74) is 2.09. The maximum atomic E-state index is 13.7. The van der Waals surface area contributed by atoms with Crippen molar-refractivity contribution in [3.05, 3.63) is 65.5 Å². The molecule has 36 heavy (non-hydrogen) atoms. The average Bonchev–Trinajstić information content (AvgIpc) is 2.84. The van der Waals surface area contributed by atoms with Gasteiger partial charge in [0.25, 0.3) is 0 Å². The summed E-state index contributed by atoms with van der Waals surface area (Å²) in [4.78, 5) is 28.5. The number of hydrogen-bond acceptors (Lipinski definition) is 4. The first-order valence-electron chi connectivity index (χ1n) is 12.5. The highest BCUT2D eigenvalue weighted by atomic mass is 32.2. The third-order valence-corrected chi connectivity index (χ3v) is 7.75. The molecule has 0 radical (unpaired) electrons. The highest BCUT2D eigenvalue weighted by Gasteiger charge is 2.32. The maximum absolute atomic E-state index is 13.7. The van der Waals surface area contributed by atoms with Crippen LogP contribution in [0.25, 0.3) is 0 Å². The van der Waals surface area contributed by atoms with E-state index < -0.39 is 34.3 Å². The van der Waals surface area contributed by atoms with Crippen molar-refractivity contribution < 1.29 is 22.4 Å². The van der Waals surface area contributed by atoms with Gasteiger partial charge in [-0.1, -0.05) is 56.0 Å². The molecular formula is C27H36FN3O4S. The number of nitrogens with one attached hydrogen (secondary N) is 1. The van der Waals surface area contributed by atoms with Gasteiger partial charge >= 0.3 is 0 Å². The second-order valence-electron chi connectivity index (χ2n) is 9.52. The van der Waals surface area contributed by atoms with Gasteiger partial charge < -0.3 is 10.2 Å². The Kier molecular flexibility index (Phi) is 9.48. The standard InChI is InChI=1S/C27H36FN3O4S/c1-4-25(27(33)29-23-8-6-5-7-9-23)30(18-21-12-10-20(2)11-13-21)26(32)19-31(36(3,34)35)24-16-14-22(28)15-17-24/h10-17,23,25H,4-9,18-19H2,1-3H3,(H,29,33). The number of halogens is 1. The van der Waals surface area contributed by atoms with Crippen LogP contribution in [0.3, 0.4) is 0 Å². The second-order valence-corrected chi connectivity index (χ2v) is 11.4. The van der Waals surface area contributed by atoms with Crippen LogP contribution in [-0.4, -0.2) is 50.0 Å². The third-order valence-electron chi connectivity index (χ3n) is 6.60. The molecule has 1 aliphatic rings. The fourth-order valence-corrected chi connectivity index (χ4v) is 5.42. The Morgan fingerprint density at radius 2 is 1.64 bits per heavy atom. The number of carbonyl (C=O) groups is 2. The number of sulfonamides is 1. The Morgan fingerprint density at radius 1 is 1.03 bits per heavy atom. The quantitative estimate of drug-likeness (QED) is 0.513. The minimum Gasteiger partial charge on any atom is -0.352 e. The Labute approximate surface area is 213 Å². The van der Waals surface area contributed by atoms with Gasteiger partial charge in [0.1, 0.15) is 18.4 Å². The number of hydrogen-bond donors (Lipinski definition) is 1. The lowest BCUT2D eigenvalue weighted by atomic mass is 9.95. The molecule has 2 aromatic carbocycles. The van der Waals surface area contributed by atoms with Crippen LogP contribution in [-0.2, 0) is 26.2 Å². The largest absolute Gasteiger partial charge is 0.352 e. The summed E-state index contributed by atoms with van der Waals surface area (Å²) in [6, 6.07) is 11.9. The van der Waals surface area contributed by atoms with Crippen LogP contribution >= 0.6 is 0 Å². The Morgan fingerprint density at radius 3 is 2.19 bits per heavy atom. The van der Waals surface area contributed by atoms with Gasteiger partial charge in [0.2, 0.25) is 21.8 Å². The van der Waals surface area contributed by atoms with Crippen molar-refractivity contribution in [3.63, 3.8) is 0 Å². The van der Waals surface area contributed by atoms with E-state index in [1.807, 2.05) is 38.1 Å². The van der Waals surface area contributed by atoms with Crippen LogP contribution in [0.1, 0.15) is 56.6 Å². The monoisotopic (exact) mass is 517 g/mol. The van der Waals surface area contributed by atoms with Crippen LogP contribution in [0.4, 0.5) is 10.1 Å². The minimum absolute atomic E-state index is 0.0864.